The van der Waals surface area contributed by atoms with E-state index in [-0.39, 0.29) is 5.91 Å². The smallest absolute Gasteiger partial charge is 0.223 e. The second kappa shape index (κ2) is 6.24. The summed E-state index contributed by atoms with van der Waals surface area (Å²) in [4.78, 5) is 14.1. The van der Waals surface area contributed by atoms with Crippen LogP contribution in [0.15, 0.2) is 16.5 Å². The minimum atomic E-state index is 0.203. The zero-order valence-electron chi connectivity index (χ0n) is 11.9. The number of aryl methyl sites for hydroxylation is 2. The zero-order valence-corrected chi connectivity index (χ0v) is 11.9. The van der Waals surface area contributed by atoms with Crippen LogP contribution in [0.3, 0.4) is 0 Å². The van der Waals surface area contributed by atoms with Crippen molar-refractivity contribution >= 4 is 5.91 Å². The van der Waals surface area contributed by atoms with Crippen LogP contribution in [-0.2, 0) is 11.2 Å². The van der Waals surface area contributed by atoms with E-state index in [1.165, 1.54) is 0 Å². The molecule has 4 nitrogen and oxygen atoms in total. The van der Waals surface area contributed by atoms with E-state index in [0.29, 0.717) is 24.9 Å². The maximum atomic E-state index is 12.2. The van der Waals surface area contributed by atoms with Gasteiger partial charge in [-0.2, -0.15) is 0 Å². The fourth-order valence-electron chi connectivity index (χ4n) is 2.72. The lowest BCUT2D eigenvalue weighted by Crippen LogP contribution is -2.41. The molecule has 2 N–H and O–H groups in total. The van der Waals surface area contributed by atoms with Gasteiger partial charge >= 0.3 is 0 Å². The summed E-state index contributed by atoms with van der Waals surface area (Å²) < 4.78 is 5.49. The summed E-state index contributed by atoms with van der Waals surface area (Å²) in [6, 6.07) is 4.57. The van der Waals surface area contributed by atoms with Crippen molar-refractivity contribution in [2.75, 3.05) is 7.05 Å². The summed E-state index contributed by atoms with van der Waals surface area (Å²) >= 11 is 0. The lowest BCUT2D eigenvalue weighted by molar-refractivity contribution is -0.132. The summed E-state index contributed by atoms with van der Waals surface area (Å²) in [6.07, 6.45) is 5.32. The highest BCUT2D eigenvalue weighted by molar-refractivity contribution is 5.76. The number of rotatable bonds is 4. The van der Waals surface area contributed by atoms with Gasteiger partial charge in [0.25, 0.3) is 0 Å². The first-order chi connectivity index (χ1) is 9.06. The van der Waals surface area contributed by atoms with Crippen molar-refractivity contribution < 1.29 is 9.21 Å². The Hall–Kier alpha value is -1.29. The van der Waals surface area contributed by atoms with Crippen molar-refractivity contribution in [1.82, 2.24) is 4.90 Å². The van der Waals surface area contributed by atoms with Gasteiger partial charge in [-0.15, -0.1) is 0 Å². The Morgan fingerprint density at radius 1 is 1.37 bits per heavy atom. The molecule has 1 fully saturated rings. The molecule has 0 aliphatic heterocycles. The minimum absolute atomic E-state index is 0.203. The molecular formula is C15H24N2O2. The monoisotopic (exact) mass is 264 g/mol. The molecule has 2 rings (SSSR count). The summed E-state index contributed by atoms with van der Waals surface area (Å²) in [7, 11) is 1.91. The van der Waals surface area contributed by atoms with Crippen molar-refractivity contribution in [3.63, 3.8) is 0 Å². The van der Waals surface area contributed by atoms with E-state index in [0.717, 1.165) is 37.2 Å². The second-order valence-corrected chi connectivity index (χ2v) is 5.59. The largest absolute Gasteiger partial charge is 0.466 e. The Labute approximate surface area is 114 Å². The Balaban J connectivity index is 1.79. The van der Waals surface area contributed by atoms with Crippen molar-refractivity contribution in [2.24, 2.45) is 5.73 Å². The molecule has 0 atom stereocenters. The van der Waals surface area contributed by atoms with Gasteiger partial charge in [-0.1, -0.05) is 0 Å². The molecule has 1 saturated carbocycles. The van der Waals surface area contributed by atoms with Crippen LogP contribution in [0.1, 0.15) is 43.6 Å². The standard InChI is InChI=1S/C15H24N2O2/c1-11-3-8-14(19-11)9-10-15(18)17(2)13-6-4-12(16)5-7-13/h3,8,12-13H,4-7,9-10,16H2,1-2H3. The van der Waals surface area contributed by atoms with E-state index < -0.39 is 0 Å². The van der Waals surface area contributed by atoms with Gasteiger partial charge < -0.3 is 15.1 Å². The van der Waals surface area contributed by atoms with Crippen LogP contribution in [0.4, 0.5) is 0 Å². The van der Waals surface area contributed by atoms with E-state index in [2.05, 4.69) is 0 Å². The van der Waals surface area contributed by atoms with E-state index in [1.54, 1.807) is 0 Å². The second-order valence-electron chi connectivity index (χ2n) is 5.59. The minimum Gasteiger partial charge on any atom is -0.466 e. The molecule has 1 aliphatic carbocycles. The predicted molar refractivity (Wildman–Crippen MR) is 74.8 cm³/mol. The van der Waals surface area contributed by atoms with Crippen molar-refractivity contribution in [3.8, 4) is 0 Å². The molecule has 4 heteroatoms. The molecule has 1 aromatic rings. The molecular weight excluding hydrogens is 240 g/mol. The van der Waals surface area contributed by atoms with Crippen LogP contribution >= 0.6 is 0 Å². The molecule has 1 aliphatic rings. The van der Waals surface area contributed by atoms with Gasteiger partial charge in [-0.05, 0) is 44.7 Å². The number of amides is 1. The maximum absolute atomic E-state index is 12.2. The van der Waals surface area contributed by atoms with Gasteiger partial charge in [0.15, 0.2) is 0 Å². The fraction of sp³-hybridized carbons (Fsp3) is 0.667. The summed E-state index contributed by atoms with van der Waals surface area (Å²) in [6.45, 7) is 1.92. The Morgan fingerprint density at radius 3 is 2.63 bits per heavy atom. The van der Waals surface area contributed by atoms with Crippen molar-refractivity contribution in [1.29, 1.82) is 0 Å². The normalized spacial score (nSPS) is 23.3. The first-order valence-corrected chi connectivity index (χ1v) is 7.13. The summed E-state index contributed by atoms with van der Waals surface area (Å²) in [5, 5.41) is 0. The van der Waals surface area contributed by atoms with Crippen LogP contribution in [-0.4, -0.2) is 29.9 Å². The van der Waals surface area contributed by atoms with Crippen LogP contribution in [0.5, 0.6) is 0 Å². The first-order valence-electron chi connectivity index (χ1n) is 7.13. The molecule has 0 bridgehead atoms. The number of nitrogens with two attached hydrogens (primary N) is 1. The molecule has 106 valence electrons. The van der Waals surface area contributed by atoms with Gasteiger partial charge in [0, 0.05) is 32.0 Å². The van der Waals surface area contributed by atoms with Gasteiger partial charge in [0.1, 0.15) is 11.5 Å². The molecule has 0 aromatic carbocycles. The fourth-order valence-corrected chi connectivity index (χ4v) is 2.72. The third-order valence-corrected chi connectivity index (χ3v) is 4.06. The average molecular weight is 264 g/mol. The van der Waals surface area contributed by atoms with Gasteiger partial charge in [0.2, 0.25) is 5.91 Å². The van der Waals surface area contributed by atoms with Gasteiger partial charge in [-0.25, -0.2) is 0 Å². The van der Waals surface area contributed by atoms with Gasteiger partial charge in [0.05, 0.1) is 0 Å². The van der Waals surface area contributed by atoms with Gasteiger partial charge in [-0.3, -0.25) is 4.79 Å². The number of carbonyl (C=O) groups is 1. The van der Waals surface area contributed by atoms with E-state index in [4.69, 9.17) is 10.2 Å². The number of nitrogens with zero attached hydrogens (tertiary/aromatic N) is 1. The highest BCUT2D eigenvalue weighted by Crippen LogP contribution is 2.22. The molecule has 0 saturated heterocycles. The number of carbonyl (C=O) groups excluding carboxylic acids is 1. The topological polar surface area (TPSA) is 59.5 Å². The highest BCUT2D eigenvalue weighted by Gasteiger charge is 2.24. The van der Waals surface area contributed by atoms with E-state index in [1.807, 2.05) is 31.0 Å². The molecule has 0 radical (unpaired) electrons. The molecule has 0 spiro atoms. The SMILES string of the molecule is Cc1ccc(CCC(=O)N(C)C2CCC(N)CC2)o1. The summed E-state index contributed by atoms with van der Waals surface area (Å²) in [5.74, 6) is 2.00. The Bertz CT molecular complexity index is 420. The van der Waals surface area contributed by atoms with Crippen LogP contribution in [0.2, 0.25) is 0 Å². The molecule has 1 heterocycles. The lowest BCUT2D eigenvalue weighted by atomic mass is 9.91. The predicted octanol–water partition coefficient (Wildman–Crippen LogP) is 2.25. The third kappa shape index (κ3) is 3.83. The average Bonchev–Trinajstić information content (AvgIpc) is 2.82. The number of furan rings is 1. The van der Waals surface area contributed by atoms with Crippen LogP contribution in [0, 0.1) is 6.92 Å². The molecule has 0 unspecified atom stereocenters. The first kappa shape index (κ1) is 14.1. The highest BCUT2D eigenvalue weighted by atomic mass is 16.3. The van der Waals surface area contributed by atoms with Crippen molar-refractivity contribution in [2.45, 2.75) is 57.5 Å². The Morgan fingerprint density at radius 2 is 2.05 bits per heavy atom. The van der Waals surface area contributed by atoms with Crippen LogP contribution in [0.25, 0.3) is 0 Å². The quantitative estimate of drug-likeness (QED) is 0.907. The molecule has 19 heavy (non-hydrogen) atoms. The summed E-state index contributed by atoms with van der Waals surface area (Å²) in [5.41, 5.74) is 5.89. The van der Waals surface area contributed by atoms with E-state index >= 15 is 0 Å². The zero-order chi connectivity index (χ0) is 13.8. The van der Waals surface area contributed by atoms with E-state index in [9.17, 15) is 4.79 Å². The lowest BCUT2D eigenvalue weighted by Gasteiger charge is -2.33. The number of hydrogen-bond acceptors (Lipinski definition) is 3. The molecule has 1 aromatic heterocycles. The van der Waals surface area contributed by atoms with Crippen LogP contribution < -0.4 is 5.73 Å². The number of hydrogen-bond donors (Lipinski definition) is 1. The third-order valence-electron chi connectivity index (χ3n) is 4.06. The molecule has 1 amide bonds. The maximum Gasteiger partial charge on any atom is 0.223 e. The van der Waals surface area contributed by atoms with Crippen molar-refractivity contribution in [3.05, 3.63) is 23.7 Å². The Kier molecular flexibility index (Phi) is 4.64.